The average Bonchev–Trinajstić information content (AvgIpc) is 3.02. The van der Waals surface area contributed by atoms with Crippen LogP contribution in [0.25, 0.3) is 0 Å². The minimum Gasteiger partial charge on any atom is -0.591 e. The van der Waals surface area contributed by atoms with E-state index in [4.69, 9.17) is 9.47 Å². The Morgan fingerprint density at radius 2 is 1.49 bits per heavy atom. The summed E-state index contributed by atoms with van der Waals surface area (Å²) < 4.78 is 110. The van der Waals surface area contributed by atoms with Crippen LogP contribution in [0.4, 0.5) is 31.1 Å². The standard InChI is InChI=1S/C34H36F6N2O4S/c1-23(25-17-27(33(35,36)37)19-28(18-25)34(38,39)40)46-22-32(26-13-9-6-10-14-26)16-15-29(41-47(44)31(2,3)4)20-42(32)30(43)45-21-24-11-7-5-8-12-24/h5-14,17-19,23H,15-16,20-22H2,1-4H3/b41-29+/t23-,32-,47?/m1/s1. The van der Waals surface area contributed by atoms with Crippen molar-refractivity contribution in [3.8, 4) is 0 Å². The Bertz CT molecular complexity index is 1510. The van der Waals surface area contributed by atoms with Crippen molar-refractivity contribution >= 4 is 23.2 Å². The predicted molar refractivity (Wildman–Crippen MR) is 167 cm³/mol. The highest BCUT2D eigenvalue weighted by Gasteiger charge is 2.47. The molecule has 6 nitrogen and oxygen atoms in total. The molecule has 1 aliphatic rings. The fraction of sp³-hybridized carbons (Fsp3) is 0.412. The van der Waals surface area contributed by atoms with Crippen molar-refractivity contribution in [2.45, 2.75) is 75.9 Å². The average molecular weight is 683 g/mol. The number of likely N-dealkylation sites (tertiary alicyclic amines) is 1. The van der Waals surface area contributed by atoms with Crippen LogP contribution in [0.3, 0.4) is 0 Å². The van der Waals surface area contributed by atoms with E-state index < -0.39 is 57.3 Å². The summed E-state index contributed by atoms with van der Waals surface area (Å²) in [6.07, 6.45) is -11.5. The van der Waals surface area contributed by atoms with Crippen molar-refractivity contribution in [1.82, 2.24) is 4.90 Å². The van der Waals surface area contributed by atoms with E-state index in [1.807, 2.05) is 6.07 Å². The first-order valence-electron chi connectivity index (χ1n) is 14.8. The third-order valence-electron chi connectivity index (χ3n) is 7.81. The van der Waals surface area contributed by atoms with Crippen molar-refractivity contribution < 1.29 is 45.2 Å². The first kappa shape index (κ1) is 36.3. The number of nitrogens with zero attached hydrogens (tertiary/aromatic N) is 2. The molecule has 3 aromatic carbocycles. The van der Waals surface area contributed by atoms with Crippen LogP contribution in [0.5, 0.6) is 0 Å². The molecule has 3 aromatic rings. The largest absolute Gasteiger partial charge is 0.591 e. The van der Waals surface area contributed by atoms with Gasteiger partial charge in [0.05, 0.1) is 41.6 Å². The Morgan fingerprint density at radius 3 is 2.02 bits per heavy atom. The van der Waals surface area contributed by atoms with Crippen LogP contribution in [0.2, 0.25) is 0 Å². The van der Waals surface area contributed by atoms with E-state index >= 15 is 0 Å². The van der Waals surface area contributed by atoms with Crippen LogP contribution in [-0.4, -0.2) is 39.2 Å². The van der Waals surface area contributed by atoms with Gasteiger partial charge in [-0.05, 0) is 75.4 Å². The van der Waals surface area contributed by atoms with E-state index in [0.29, 0.717) is 29.8 Å². The highest BCUT2D eigenvalue weighted by atomic mass is 32.2. The summed E-state index contributed by atoms with van der Waals surface area (Å²) in [7, 11) is 0. The normalized spacial score (nSPS) is 19.8. The minimum absolute atomic E-state index is 0.0652. The van der Waals surface area contributed by atoms with Gasteiger partial charge < -0.3 is 14.0 Å². The van der Waals surface area contributed by atoms with Crippen molar-refractivity contribution in [3.63, 3.8) is 0 Å². The van der Waals surface area contributed by atoms with Crippen LogP contribution < -0.4 is 0 Å². The molecule has 0 saturated carbocycles. The second kappa shape index (κ2) is 14.3. The van der Waals surface area contributed by atoms with Gasteiger partial charge in [-0.3, -0.25) is 4.90 Å². The molecule has 1 aliphatic heterocycles. The molecule has 1 unspecified atom stereocenters. The Hall–Kier alpha value is -3.55. The van der Waals surface area contributed by atoms with E-state index in [2.05, 4.69) is 4.40 Å². The molecule has 4 rings (SSSR count). The predicted octanol–water partition coefficient (Wildman–Crippen LogP) is 9.03. The van der Waals surface area contributed by atoms with E-state index in [1.54, 1.807) is 75.4 Å². The number of amides is 1. The zero-order valence-electron chi connectivity index (χ0n) is 26.3. The zero-order chi connectivity index (χ0) is 34.6. The van der Waals surface area contributed by atoms with Crippen molar-refractivity contribution in [1.29, 1.82) is 0 Å². The van der Waals surface area contributed by atoms with Crippen LogP contribution >= 0.6 is 0 Å². The number of alkyl halides is 6. The summed E-state index contributed by atoms with van der Waals surface area (Å²) in [5, 5.41) is 0. The summed E-state index contributed by atoms with van der Waals surface area (Å²) in [4.78, 5) is 15.3. The Morgan fingerprint density at radius 1 is 0.936 bits per heavy atom. The maximum atomic E-state index is 13.9. The molecule has 0 aromatic heterocycles. The van der Waals surface area contributed by atoms with Gasteiger partial charge in [0.25, 0.3) is 0 Å². The van der Waals surface area contributed by atoms with Crippen molar-refractivity contribution in [3.05, 3.63) is 107 Å². The van der Waals surface area contributed by atoms with E-state index in [9.17, 15) is 35.7 Å². The fourth-order valence-electron chi connectivity index (χ4n) is 5.12. The lowest BCUT2D eigenvalue weighted by Crippen LogP contribution is -2.57. The minimum atomic E-state index is -5.02. The second-order valence-corrected chi connectivity index (χ2v) is 14.2. The molecule has 47 heavy (non-hydrogen) atoms. The van der Waals surface area contributed by atoms with Gasteiger partial charge in [0, 0.05) is 0 Å². The van der Waals surface area contributed by atoms with Crippen LogP contribution in [0.1, 0.15) is 74.5 Å². The second-order valence-electron chi connectivity index (χ2n) is 12.3. The molecule has 1 fully saturated rings. The smallest absolute Gasteiger partial charge is 0.416 e. The lowest BCUT2D eigenvalue weighted by atomic mass is 9.80. The van der Waals surface area contributed by atoms with Gasteiger partial charge in [-0.25, -0.2) is 4.79 Å². The maximum absolute atomic E-state index is 13.9. The number of benzene rings is 3. The molecular weight excluding hydrogens is 646 g/mol. The van der Waals surface area contributed by atoms with Gasteiger partial charge in [0.15, 0.2) is 0 Å². The molecule has 1 amide bonds. The lowest BCUT2D eigenvalue weighted by molar-refractivity contribution is -0.143. The first-order chi connectivity index (χ1) is 21.9. The number of carbonyl (C=O) groups is 1. The molecule has 254 valence electrons. The molecule has 0 spiro atoms. The van der Waals surface area contributed by atoms with Gasteiger partial charge in [-0.15, -0.1) is 0 Å². The number of hydrogen-bond acceptors (Lipinski definition) is 5. The SMILES string of the molecule is C[C@@H](OC[C@@]1(c2ccccc2)CC/C(=N\[S+]([O-])C(C)(C)C)CN1C(=O)OCc1ccccc1)c1cc(C(F)(F)F)cc(C(F)(F)F)c1. The number of hydrogen-bond donors (Lipinski definition) is 0. The number of piperidine rings is 1. The monoisotopic (exact) mass is 682 g/mol. The molecule has 0 N–H and O–H groups in total. The number of halogens is 6. The summed E-state index contributed by atoms with van der Waals surface area (Å²) in [6, 6.07) is 19.1. The molecular formula is C34H36F6N2O4S. The van der Waals surface area contributed by atoms with Crippen molar-refractivity contribution in [2.75, 3.05) is 13.2 Å². The van der Waals surface area contributed by atoms with Crippen LogP contribution in [-0.2, 0) is 45.3 Å². The quantitative estimate of drug-likeness (QED) is 0.176. The van der Waals surface area contributed by atoms with Crippen LogP contribution in [0.15, 0.2) is 83.3 Å². The first-order valence-corrected chi connectivity index (χ1v) is 15.9. The highest BCUT2D eigenvalue weighted by molar-refractivity contribution is 7.91. The fourth-order valence-corrected chi connectivity index (χ4v) is 5.78. The van der Waals surface area contributed by atoms with Crippen LogP contribution in [0, 0.1) is 0 Å². The number of carbonyl (C=O) groups excluding carboxylic acids is 1. The highest BCUT2D eigenvalue weighted by Crippen LogP contribution is 2.42. The molecule has 3 atom stereocenters. The maximum Gasteiger partial charge on any atom is 0.416 e. The molecule has 1 heterocycles. The Kier molecular flexibility index (Phi) is 11.0. The van der Waals surface area contributed by atoms with Gasteiger partial charge in [0.2, 0.25) is 0 Å². The number of ether oxygens (including phenoxy) is 2. The Balaban J connectivity index is 1.73. The molecule has 13 heteroatoms. The van der Waals surface area contributed by atoms with E-state index in [0.717, 1.165) is 5.56 Å². The molecule has 0 radical (unpaired) electrons. The summed E-state index contributed by atoms with van der Waals surface area (Å²) in [5.74, 6) is 0. The van der Waals surface area contributed by atoms with Gasteiger partial charge in [-0.2, -0.15) is 26.3 Å². The van der Waals surface area contributed by atoms with Crippen molar-refractivity contribution in [2.24, 2.45) is 4.40 Å². The summed E-state index contributed by atoms with van der Waals surface area (Å²) >= 11 is -1.63. The molecule has 0 bridgehead atoms. The third-order valence-corrected chi connectivity index (χ3v) is 9.28. The molecule has 1 saturated heterocycles. The zero-order valence-corrected chi connectivity index (χ0v) is 27.1. The van der Waals surface area contributed by atoms with Gasteiger partial charge >= 0.3 is 18.4 Å². The summed E-state index contributed by atoms with van der Waals surface area (Å²) in [5.41, 5.74) is -2.69. The van der Waals surface area contributed by atoms with E-state index in [1.165, 1.54) is 11.8 Å². The molecule has 0 aliphatic carbocycles. The van der Waals surface area contributed by atoms with Gasteiger partial charge in [0.1, 0.15) is 22.7 Å². The Labute approximate surface area is 273 Å². The third kappa shape index (κ3) is 9.08. The lowest BCUT2D eigenvalue weighted by Gasteiger charge is -2.47. The van der Waals surface area contributed by atoms with Gasteiger partial charge in [-0.1, -0.05) is 65.1 Å². The summed E-state index contributed by atoms with van der Waals surface area (Å²) in [6.45, 7) is 6.20. The number of rotatable bonds is 8. The van der Waals surface area contributed by atoms with E-state index in [-0.39, 0.29) is 37.8 Å². The topological polar surface area (TPSA) is 74.2 Å².